The largest absolute Gasteiger partial charge is 0.378 e. The minimum absolute atomic E-state index is 0.0576. The van der Waals surface area contributed by atoms with Gasteiger partial charge in [-0.25, -0.2) is 4.39 Å². The first kappa shape index (κ1) is 14.9. The fourth-order valence-corrected chi connectivity index (χ4v) is 3.10. The average Bonchev–Trinajstić information content (AvgIpc) is 2.56. The molecule has 1 saturated heterocycles. The minimum atomic E-state index is -0.158. The topological polar surface area (TPSA) is 15.3 Å². The number of halogens is 1. The molecule has 0 aromatic heterocycles. The molecule has 3 heteroatoms. The maximum Gasteiger partial charge on any atom is 0.128 e. The highest BCUT2D eigenvalue weighted by Crippen LogP contribution is 2.26. The maximum absolute atomic E-state index is 13.9. The van der Waals surface area contributed by atoms with E-state index in [1.807, 2.05) is 25.1 Å². The highest BCUT2D eigenvalue weighted by molar-refractivity contribution is 5.59. The van der Waals surface area contributed by atoms with Crippen molar-refractivity contribution < 1.29 is 4.39 Å². The van der Waals surface area contributed by atoms with Gasteiger partial charge >= 0.3 is 0 Å². The van der Waals surface area contributed by atoms with Crippen molar-refractivity contribution in [1.29, 1.82) is 0 Å². The van der Waals surface area contributed by atoms with Crippen molar-refractivity contribution in [2.24, 2.45) is 0 Å². The molecule has 1 N–H and O–H groups in total. The van der Waals surface area contributed by atoms with E-state index in [0.717, 1.165) is 18.8 Å². The Balaban J connectivity index is 1.73. The van der Waals surface area contributed by atoms with E-state index in [0.29, 0.717) is 5.56 Å². The molecular weight excluding hydrogens is 275 g/mol. The van der Waals surface area contributed by atoms with E-state index in [1.54, 1.807) is 6.07 Å². The van der Waals surface area contributed by atoms with Crippen LogP contribution in [0.5, 0.6) is 0 Å². The maximum atomic E-state index is 13.9. The molecule has 0 saturated carbocycles. The third kappa shape index (κ3) is 3.41. The number of piperidine rings is 1. The second-order valence-electron chi connectivity index (χ2n) is 5.99. The number of rotatable bonds is 4. The van der Waals surface area contributed by atoms with Crippen LogP contribution in [0, 0.1) is 5.82 Å². The number of anilines is 2. The van der Waals surface area contributed by atoms with Crippen molar-refractivity contribution in [1.82, 2.24) is 0 Å². The molecular formula is C19H23FN2. The summed E-state index contributed by atoms with van der Waals surface area (Å²) in [4.78, 5) is 2.43. The Labute approximate surface area is 132 Å². The van der Waals surface area contributed by atoms with Crippen LogP contribution < -0.4 is 10.2 Å². The van der Waals surface area contributed by atoms with Crippen LogP contribution in [0.1, 0.15) is 37.8 Å². The van der Waals surface area contributed by atoms with Gasteiger partial charge in [0.25, 0.3) is 0 Å². The van der Waals surface area contributed by atoms with E-state index >= 15 is 0 Å². The Hall–Kier alpha value is -2.03. The SMILES string of the molecule is C[C@@H](Nc1cccc(N2CCCCC2)c1)c1ccccc1F. The Kier molecular flexibility index (Phi) is 4.62. The monoisotopic (exact) mass is 298 g/mol. The molecule has 2 aromatic carbocycles. The van der Waals surface area contributed by atoms with Gasteiger partial charge in [0.15, 0.2) is 0 Å². The van der Waals surface area contributed by atoms with Crippen molar-refractivity contribution in [3.05, 3.63) is 59.9 Å². The summed E-state index contributed by atoms with van der Waals surface area (Å²) in [6.07, 6.45) is 3.87. The standard InChI is InChI=1S/C19H23FN2/c1-15(18-10-3-4-11-19(18)20)21-16-8-7-9-17(14-16)22-12-5-2-6-13-22/h3-4,7-11,14-15,21H,2,5-6,12-13H2,1H3/t15-/m1/s1. The van der Waals surface area contributed by atoms with Gasteiger partial charge in [-0.3, -0.25) is 0 Å². The van der Waals surface area contributed by atoms with Crippen LogP contribution in [-0.2, 0) is 0 Å². The zero-order valence-corrected chi connectivity index (χ0v) is 13.1. The first-order chi connectivity index (χ1) is 10.7. The number of hydrogen-bond donors (Lipinski definition) is 1. The van der Waals surface area contributed by atoms with Gasteiger partial charge in [-0.05, 0) is 50.5 Å². The predicted molar refractivity (Wildman–Crippen MR) is 90.9 cm³/mol. The van der Waals surface area contributed by atoms with Crippen molar-refractivity contribution in [2.75, 3.05) is 23.3 Å². The average molecular weight is 298 g/mol. The van der Waals surface area contributed by atoms with Crippen LogP contribution in [0.2, 0.25) is 0 Å². The third-order valence-corrected chi connectivity index (χ3v) is 4.32. The van der Waals surface area contributed by atoms with Crippen molar-refractivity contribution in [2.45, 2.75) is 32.2 Å². The molecule has 22 heavy (non-hydrogen) atoms. The molecule has 1 atom stereocenters. The molecule has 0 amide bonds. The van der Waals surface area contributed by atoms with E-state index in [9.17, 15) is 4.39 Å². The van der Waals surface area contributed by atoms with Gasteiger partial charge in [0.1, 0.15) is 5.82 Å². The zero-order chi connectivity index (χ0) is 15.4. The van der Waals surface area contributed by atoms with Gasteiger partial charge in [-0.15, -0.1) is 0 Å². The molecule has 1 heterocycles. The van der Waals surface area contributed by atoms with E-state index in [2.05, 4.69) is 28.4 Å². The summed E-state index contributed by atoms with van der Waals surface area (Å²) in [5.74, 6) is -0.158. The summed E-state index contributed by atoms with van der Waals surface area (Å²) in [5.41, 5.74) is 3.00. The second-order valence-corrected chi connectivity index (χ2v) is 5.99. The van der Waals surface area contributed by atoms with Crippen molar-refractivity contribution >= 4 is 11.4 Å². The van der Waals surface area contributed by atoms with Crippen LogP contribution in [0.4, 0.5) is 15.8 Å². The minimum Gasteiger partial charge on any atom is -0.378 e. The summed E-state index contributed by atoms with van der Waals surface area (Å²) < 4.78 is 13.9. The Morgan fingerprint density at radius 3 is 2.55 bits per heavy atom. The van der Waals surface area contributed by atoms with E-state index in [1.165, 1.54) is 31.0 Å². The lowest BCUT2D eigenvalue weighted by molar-refractivity contribution is 0.578. The van der Waals surface area contributed by atoms with E-state index in [-0.39, 0.29) is 11.9 Å². The predicted octanol–water partition coefficient (Wildman–Crippen LogP) is 4.99. The van der Waals surface area contributed by atoms with E-state index < -0.39 is 0 Å². The summed E-state index contributed by atoms with van der Waals surface area (Å²) in [6.45, 7) is 4.25. The lowest BCUT2D eigenvalue weighted by Crippen LogP contribution is -2.29. The highest BCUT2D eigenvalue weighted by atomic mass is 19.1. The molecule has 3 rings (SSSR count). The Morgan fingerprint density at radius 2 is 1.77 bits per heavy atom. The molecule has 2 aromatic rings. The van der Waals surface area contributed by atoms with Crippen molar-refractivity contribution in [3.8, 4) is 0 Å². The van der Waals surface area contributed by atoms with Gasteiger partial charge in [-0.2, -0.15) is 0 Å². The van der Waals surface area contributed by atoms with Crippen LogP contribution in [-0.4, -0.2) is 13.1 Å². The van der Waals surface area contributed by atoms with Crippen LogP contribution in [0.3, 0.4) is 0 Å². The Bertz CT molecular complexity index is 620. The summed E-state index contributed by atoms with van der Waals surface area (Å²) in [5, 5.41) is 3.41. The molecule has 1 aliphatic rings. The number of nitrogens with zero attached hydrogens (tertiary/aromatic N) is 1. The first-order valence-corrected chi connectivity index (χ1v) is 8.10. The third-order valence-electron chi connectivity index (χ3n) is 4.32. The molecule has 0 aliphatic carbocycles. The molecule has 0 unspecified atom stereocenters. The highest BCUT2D eigenvalue weighted by Gasteiger charge is 2.13. The quantitative estimate of drug-likeness (QED) is 0.855. The molecule has 116 valence electrons. The smallest absolute Gasteiger partial charge is 0.128 e. The van der Waals surface area contributed by atoms with Crippen LogP contribution >= 0.6 is 0 Å². The zero-order valence-electron chi connectivity index (χ0n) is 13.1. The molecule has 0 bridgehead atoms. The van der Waals surface area contributed by atoms with Gasteiger partial charge in [0.2, 0.25) is 0 Å². The Morgan fingerprint density at radius 1 is 1.00 bits per heavy atom. The number of nitrogens with one attached hydrogen (secondary N) is 1. The molecule has 2 nitrogen and oxygen atoms in total. The van der Waals surface area contributed by atoms with Gasteiger partial charge in [0.05, 0.1) is 6.04 Å². The molecule has 0 spiro atoms. The summed E-state index contributed by atoms with van der Waals surface area (Å²) in [6, 6.07) is 15.3. The van der Waals surface area contributed by atoms with Crippen LogP contribution in [0.25, 0.3) is 0 Å². The lowest BCUT2D eigenvalue weighted by Gasteiger charge is -2.29. The van der Waals surface area contributed by atoms with Gasteiger partial charge < -0.3 is 10.2 Å². The molecule has 0 radical (unpaired) electrons. The van der Waals surface area contributed by atoms with Gasteiger partial charge in [0, 0.05) is 30.0 Å². The van der Waals surface area contributed by atoms with Crippen molar-refractivity contribution in [3.63, 3.8) is 0 Å². The van der Waals surface area contributed by atoms with Gasteiger partial charge in [-0.1, -0.05) is 24.3 Å². The first-order valence-electron chi connectivity index (χ1n) is 8.10. The normalized spacial score (nSPS) is 16.4. The number of hydrogen-bond acceptors (Lipinski definition) is 2. The molecule has 1 aliphatic heterocycles. The lowest BCUT2D eigenvalue weighted by atomic mass is 10.1. The molecule has 1 fully saturated rings. The summed E-state index contributed by atoms with van der Waals surface area (Å²) >= 11 is 0. The summed E-state index contributed by atoms with van der Waals surface area (Å²) in [7, 11) is 0. The second kappa shape index (κ2) is 6.82. The number of benzene rings is 2. The fourth-order valence-electron chi connectivity index (χ4n) is 3.10. The van der Waals surface area contributed by atoms with Crippen LogP contribution in [0.15, 0.2) is 48.5 Å². The fraction of sp³-hybridized carbons (Fsp3) is 0.368. The van der Waals surface area contributed by atoms with E-state index in [4.69, 9.17) is 0 Å².